The predicted octanol–water partition coefficient (Wildman–Crippen LogP) is 2.88. The summed E-state index contributed by atoms with van der Waals surface area (Å²) in [7, 11) is 0. The van der Waals surface area contributed by atoms with Gasteiger partial charge in [0.05, 0.1) is 6.61 Å². The van der Waals surface area contributed by atoms with Crippen LogP contribution in [0.25, 0.3) is 11.1 Å². The van der Waals surface area contributed by atoms with Gasteiger partial charge in [0.15, 0.2) is 6.23 Å². The van der Waals surface area contributed by atoms with Crippen molar-refractivity contribution in [3.63, 3.8) is 0 Å². The average molecular weight is 327 g/mol. The Morgan fingerprint density at radius 3 is 2.25 bits per heavy atom. The third-order valence-corrected chi connectivity index (χ3v) is 4.16. The summed E-state index contributed by atoms with van der Waals surface area (Å²) in [6, 6.07) is 16.3. The van der Waals surface area contributed by atoms with Crippen LogP contribution in [0.15, 0.2) is 48.5 Å². The lowest BCUT2D eigenvalue weighted by atomic mass is 9.98. The Bertz CT molecular complexity index is 671. The van der Waals surface area contributed by atoms with Crippen LogP contribution in [0.2, 0.25) is 0 Å². The fraction of sp³-hybridized carbons (Fsp3) is 0.316. The Morgan fingerprint density at radius 2 is 1.71 bits per heavy atom. The Balaban J connectivity index is 1.70. The molecule has 5 heteroatoms. The topological polar surface area (TPSA) is 67.8 Å². The zero-order valence-electron chi connectivity index (χ0n) is 13.6. The molecule has 3 rings (SSSR count). The summed E-state index contributed by atoms with van der Waals surface area (Å²) in [5, 5.41) is 11.7. The highest BCUT2D eigenvalue weighted by Crippen LogP contribution is 2.44. The van der Waals surface area contributed by atoms with E-state index in [1.807, 2.05) is 24.3 Å². The molecule has 1 aliphatic carbocycles. The summed E-state index contributed by atoms with van der Waals surface area (Å²) in [5.74, 6) is 0.0165. The highest BCUT2D eigenvalue weighted by molar-refractivity contribution is 5.79. The molecule has 0 bridgehead atoms. The minimum atomic E-state index is -0.745. The van der Waals surface area contributed by atoms with E-state index in [4.69, 9.17) is 14.6 Å². The number of rotatable bonds is 6. The minimum Gasteiger partial charge on any atom is -0.448 e. The maximum absolute atomic E-state index is 11.9. The lowest BCUT2D eigenvalue weighted by molar-refractivity contribution is -0.00238. The SMILES string of the molecule is CCOC(CO)NC(=O)OCC1c2ccccc2-c2ccccc21. The second-order valence-electron chi connectivity index (χ2n) is 5.60. The summed E-state index contributed by atoms with van der Waals surface area (Å²) in [6.45, 7) is 2.14. The highest BCUT2D eigenvalue weighted by Gasteiger charge is 2.29. The van der Waals surface area contributed by atoms with Crippen molar-refractivity contribution in [3.05, 3.63) is 59.7 Å². The van der Waals surface area contributed by atoms with Gasteiger partial charge in [-0.3, -0.25) is 5.32 Å². The van der Waals surface area contributed by atoms with Crippen LogP contribution >= 0.6 is 0 Å². The molecule has 24 heavy (non-hydrogen) atoms. The molecule has 0 fully saturated rings. The molecule has 1 atom stereocenters. The van der Waals surface area contributed by atoms with E-state index in [2.05, 4.69) is 29.6 Å². The summed E-state index contributed by atoms with van der Waals surface area (Å²) in [5.41, 5.74) is 4.69. The zero-order valence-corrected chi connectivity index (χ0v) is 13.6. The van der Waals surface area contributed by atoms with Gasteiger partial charge in [0.1, 0.15) is 6.61 Å². The number of carbonyl (C=O) groups is 1. The number of aliphatic hydroxyl groups excluding tert-OH is 1. The van der Waals surface area contributed by atoms with Crippen molar-refractivity contribution in [3.8, 4) is 11.1 Å². The van der Waals surface area contributed by atoms with Crippen LogP contribution in [-0.4, -0.2) is 37.2 Å². The number of aliphatic hydroxyl groups is 1. The van der Waals surface area contributed by atoms with Gasteiger partial charge >= 0.3 is 6.09 Å². The molecule has 0 radical (unpaired) electrons. The van der Waals surface area contributed by atoms with Gasteiger partial charge < -0.3 is 14.6 Å². The van der Waals surface area contributed by atoms with Crippen LogP contribution < -0.4 is 5.32 Å². The molecule has 2 N–H and O–H groups in total. The molecule has 1 unspecified atom stereocenters. The van der Waals surface area contributed by atoms with Gasteiger partial charge in [-0.2, -0.15) is 0 Å². The molecule has 0 saturated heterocycles. The van der Waals surface area contributed by atoms with E-state index in [1.54, 1.807) is 6.92 Å². The molecule has 0 saturated carbocycles. The van der Waals surface area contributed by atoms with Gasteiger partial charge in [0, 0.05) is 12.5 Å². The van der Waals surface area contributed by atoms with Gasteiger partial charge in [0.25, 0.3) is 0 Å². The fourth-order valence-corrected chi connectivity index (χ4v) is 3.11. The van der Waals surface area contributed by atoms with Crippen molar-refractivity contribution in [1.82, 2.24) is 5.32 Å². The van der Waals surface area contributed by atoms with Gasteiger partial charge in [-0.25, -0.2) is 4.79 Å². The van der Waals surface area contributed by atoms with E-state index < -0.39 is 12.3 Å². The number of carbonyl (C=O) groups excluding carboxylic acids is 1. The van der Waals surface area contributed by atoms with E-state index >= 15 is 0 Å². The standard InChI is InChI=1S/C19H21NO4/c1-2-23-18(11-21)20-19(22)24-12-17-15-9-5-3-7-13(15)14-8-4-6-10-16(14)17/h3-10,17-18,21H,2,11-12H2,1H3,(H,20,22). The molecule has 0 aromatic heterocycles. The van der Waals surface area contributed by atoms with Crippen LogP contribution in [0.4, 0.5) is 4.79 Å². The van der Waals surface area contributed by atoms with Crippen molar-refractivity contribution < 1.29 is 19.4 Å². The third-order valence-electron chi connectivity index (χ3n) is 4.16. The first kappa shape index (κ1) is 16.5. The maximum Gasteiger partial charge on any atom is 0.409 e. The zero-order chi connectivity index (χ0) is 16.9. The maximum atomic E-state index is 11.9. The second kappa shape index (κ2) is 7.47. The van der Waals surface area contributed by atoms with Crippen molar-refractivity contribution in [2.45, 2.75) is 19.1 Å². The summed E-state index contributed by atoms with van der Waals surface area (Å²) in [6.07, 6.45) is -1.34. The van der Waals surface area contributed by atoms with E-state index in [1.165, 1.54) is 11.1 Å². The molecule has 0 spiro atoms. The molecule has 126 valence electrons. The number of amides is 1. The number of ether oxygens (including phenoxy) is 2. The van der Waals surface area contributed by atoms with Crippen LogP contribution in [0.1, 0.15) is 24.0 Å². The largest absolute Gasteiger partial charge is 0.448 e. The van der Waals surface area contributed by atoms with Crippen molar-refractivity contribution >= 4 is 6.09 Å². The number of hydrogen-bond acceptors (Lipinski definition) is 4. The summed E-state index contributed by atoms with van der Waals surface area (Å²) >= 11 is 0. The summed E-state index contributed by atoms with van der Waals surface area (Å²) in [4.78, 5) is 11.9. The Kier molecular flexibility index (Phi) is 5.13. The first-order valence-corrected chi connectivity index (χ1v) is 8.08. The molecular formula is C19H21NO4. The summed E-state index contributed by atoms with van der Waals surface area (Å²) < 4.78 is 10.6. The highest BCUT2D eigenvalue weighted by atomic mass is 16.6. The lowest BCUT2D eigenvalue weighted by Gasteiger charge is -2.18. The van der Waals surface area contributed by atoms with E-state index in [0.717, 1.165) is 11.1 Å². The van der Waals surface area contributed by atoms with E-state index in [9.17, 15) is 4.79 Å². The number of alkyl carbamates (subject to hydrolysis) is 1. The third kappa shape index (κ3) is 3.27. The van der Waals surface area contributed by atoms with Crippen LogP contribution in [0.5, 0.6) is 0 Å². The van der Waals surface area contributed by atoms with E-state index in [0.29, 0.717) is 6.61 Å². The number of benzene rings is 2. The first-order valence-electron chi connectivity index (χ1n) is 8.08. The second-order valence-corrected chi connectivity index (χ2v) is 5.60. The normalized spacial score (nSPS) is 13.9. The molecule has 0 heterocycles. The quantitative estimate of drug-likeness (QED) is 0.801. The molecule has 2 aromatic rings. The molecule has 1 aliphatic rings. The van der Waals surface area contributed by atoms with Gasteiger partial charge in [0.2, 0.25) is 0 Å². The van der Waals surface area contributed by atoms with Gasteiger partial charge in [-0.15, -0.1) is 0 Å². The Labute approximate surface area is 141 Å². The van der Waals surface area contributed by atoms with Crippen LogP contribution in [0, 0.1) is 0 Å². The van der Waals surface area contributed by atoms with Crippen molar-refractivity contribution in [2.24, 2.45) is 0 Å². The molecule has 0 aliphatic heterocycles. The van der Waals surface area contributed by atoms with Crippen LogP contribution in [0.3, 0.4) is 0 Å². The smallest absolute Gasteiger partial charge is 0.409 e. The van der Waals surface area contributed by atoms with Gasteiger partial charge in [-0.05, 0) is 29.2 Å². The van der Waals surface area contributed by atoms with Crippen LogP contribution in [-0.2, 0) is 9.47 Å². The molecule has 5 nitrogen and oxygen atoms in total. The fourth-order valence-electron chi connectivity index (χ4n) is 3.11. The number of fused-ring (bicyclic) bond motifs is 3. The Morgan fingerprint density at radius 1 is 1.12 bits per heavy atom. The Hall–Kier alpha value is -2.37. The molecule has 2 aromatic carbocycles. The lowest BCUT2D eigenvalue weighted by Crippen LogP contribution is -2.40. The first-order chi connectivity index (χ1) is 11.7. The number of hydrogen-bond donors (Lipinski definition) is 2. The minimum absolute atomic E-state index is 0.0165. The van der Waals surface area contributed by atoms with Gasteiger partial charge in [-0.1, -0.05) is 48.5 Å². The van der Waals surface area contributed by atoms with E-state index in [-0.39, 0.29) is 19.1 Å². The average Bonchev–Trinajstić information content (AvgIpc) is 2.93. The molecular weight excluding hydrogens is 306 g/mol. The van der Waals surface area contributed by atoms with Crippen molar-refractivity contribution in [1.29, 1.82) is 0 Å². The molecule has 1 amide bonds. The monoisotopic (exact) mass is 327 g/mol. The van der Waals surface area contributed by atoms with Crippen molar-refractivity contribution in [2.75, 3.05) is 19.8 Å². The number of nitrogens with one attached hydrogen (secondary N) is 1. The predicted molar refractivity (Wildman–Crippen MR) is 90.7 cm³/mol.